The molecule has 0 aliphatic heterocycles. The lowest BCUT2D eigenvalue weighted by Gasteiger charge is -2.20. The minimum atomic E-state index is -2.83. The third-order valence-electron chi connectivity index (χ3n) is 2.94. The summed E-state index contributed by atoms with van der Waals surface area (Å²) < 4.78 is 34.1. The first-order valence-corrected chi connectivity index (χ1v) is 6.54. The maximum absolute atomic E-state index is 12.2. The van der Waals surface area contributed by atoms with Crippen LogP contribution in [-0.4, -0.2) is 20.3 Å². The van der Waals surface area contributed by atoms with Crippen LogP contribution in [0.5, 0.6) is 5.75 Å². The largest absolute Gasteiger partial charge is 0.435 e. The minimum Gasteiger partial charge on any atom is -0.435 e. The quantitative estimate of drug-likeness (QED) is 0.834. The summed E-state index contributed by atoms with van der Waals surface area (Å²) >= 11 is 0. The number of methoxy groups -OCH3 is 1. The van der Waals surface area contributed by atoms with Gasteiger partial charge in [0.05, 0.1) is 12.6 Å². The molecule has 0 fully saturated rings. The van der Waals surface area contributed by atoms with Crippen molar-refractivity contribution in [1.82, 2.24) is 0 Å². The van der Waals surface area contributed by atoms with Crippen LogP contribution in [0.25, 0.3) is 0 Å². The first kappa shape index (κ1) is 15.3. The lowest BCUT2D eigenvalue weighted by atomic mass is 10.1. The number of rotatable bonds is 7. The summed E-state index contributed by atoms with van der Waals surface area (Å²) in [7, 11) is 1.62. The Labute approximate surface area is 122 Å². The number of alkyl halides is 2. The molecular formula is C16H17F2NO2. The number of ether oxygens (including phenoxy) is 2. The van der Waals surface area contributed by atoms with Gasteiger partial charge in [0.2, 0.25) is 0 Å². The van der Waals surface area contributed by atoms with Gasteiger partial charge in [-0.25, -0.2) is 0 Å². The standard InChI is InChI=1S/C16H17F2NO2/c1-20-11-15(12-6-3-2-4-7-12)19-13-8-5-9-14(10-13)21-16(17)18/h2-10,15-16,19H,11H2,1H3. The zero-order chi connectivity index (χ0) is 15.1. The zero-order valence-corrected chi connectivity index (χ0v) is 11.6. The smallest absolute Gasteiger partial charge is 0.387 e. The Hall–Kier alpha value is -2.14. The maximum atomic E-state index is 12.2. The lowest BCUT2D eigenvalue weighted by molar-refractivity contribution is -0.0498. The number of nitrogens with one attached hydrogen (secondary N) is 1. The second kappa shape index (κ2) is 7.59. The highest BCUT2D eigenvalue weighted by molar-refractivity contribution is 5.50. The van der Waals surface area contributed by atoms with Crippen LogP contribution in [0.15, 0.2) is 54.6 Å². The third-order valence-corrected chi connectivity index (χ3v) is 2.94. The van der Waals surface area contributed by atoms with Gasteiger partial charge in [0.25, 0.3) is 0 Å². The molecule has 0 heterocycles. The van der Waals surface area contributed by atoms with Gasteiger partial charge in [0, 0.05) is 18.9 Å². The summed E-state index contributed by atoms with van der Waals surface area (Å²) in [4.78, 5) is 0. The second-order valence-corrected chi connectivity index (χ2v) is 4.47. The zero-order valence-electron chi connectivity index (χ0n) is 11.6. The van der Waals surface area contributed by atoms with Crippen LogP contribution in [0.3, 0.4) is 0 Å². The Morgan fingerprint density at radius 2 is 1.81 bits per heavy atom. The number of benzene rings is 2. The van der Waals surface area contributed by atoms with E-state index < -0.39 is 6.61 Å². The van der Waals surface area contributed by atoms with E-state index in [4.69, 9.17) is 4.74 Å². The topological polar surface area (TPSA) is 30.5 Å². The van der Waals surface area contributed by atoms with E-state index in [2.05, 4.69) is 10.1 Å². The molecular weight excluding hydrogens is 276 g/mol. The molecule has 112 valence electrons. The van der Waals surface area contributed by atoms with E-state index in [1.165, 1.54) is 12.1 Å². The average Bonchev–Trinajstić information content (AvgIpc) is 2.47. The molecule has 0 spiro atoms. The highest BCUT2D eigenvalue weighted by Crippen LogP contribution is 2.24. The van der Waals surface area contributed by atoms with E-state index in [0.717, 1.165) is 5.56 Å². The predicted octanol–water partition coefficient (Wildman–Crippen LogP) is 4.09. The highest BCUT2D eigenvalue weighted by atomic mass is 19.3. The van der Waals surface area contributed by atoms with Crippen LogP contribution in [0, 0.1) is 0 Å². The molecule has 0 aromatic heterocycles. The first-order valence-electron chi connectivity index (χ1n) is 6.54. The highest BCUT2D eigenvalue weighted by Gasteiger charge is 2.12. The Morgan fingerprint density at radius 1 is 1.05 bits per heavy atom. The van der Waals surface area contributed by atoms with Crippen molar-refractivity contribution in [3.05, 3.63) is 60.2 Å². The Kier molecular flexibility index (Phi) is 5.51. The summed E-state index contributed by atoms with van der Waals surface area (Å²) in [5, 5.41) is 3.26. The molecule has 1 atom stereocenters. The van der Waals surface area contributed by atoms with Crippen LogP contribution in [-0.2, 0) is 4.74 Å². The number of anilines is 1. The van der Waals surface area contributed by atoms with E-state index in [0.29, 0.717) is 12.3 Å². The fourth-order valence-electron chi connectivity index (χ4n) is 2.04. The van der Waals surface area contributed by atoms with Crippen LogP contribution < -0.4 is 10.1 Å². The van der Waals surface area contributed by atoms with E-state index in [1.807, 2.05) is 30.3 Å². The Balaban J connectivity index is 2.13. The van der Waals surface area contributed by atoms with Gasteiger partial charge in [-0.05, 0) is 17.7 Å². The molecule has 5 heteroatoms. The molecule has 3 nitrogen and oxygen atoms in total. The Bertz CT molecular complexity index is 549. The summed E-state index contributed by atoms with van der Waals surface area (Å²) in [5.74, 6) is 0.124. The molecule has 0 aliphatic carbocycles. The molecule has 2 rings (SSSR count). The van der Waals surface area contributed by atoms with Crippen molar-refractivity contribution in [2.24, 2.45) is 0 Å². The minimum absolute atomic E-state index is 0.0713. The monoisotopic (exact) mass is 293 g/mol. The van der Waals surface area contributed by atoms with E-state index in [9.17, 15) is 8.78 Å². The third kappa shape index (κ3) is 4.72. The van der Waals surface area contributed by atoms with Gasteiger partial charge in [-0.3, -0.25) is 0 Å². The molecule has 0 saturated heterocycles. The molecule has 0 aliphatic rings. The van der Waals surface area contributed by atoms with Gasteiger partial charge in [-0.15, -0.1) is 0 Å². The molecule has 1 N–H and O–H groups in total. The Morgan fingerprint density at radius 3 is 2.48 bits per heavy atom. The summed E-state index contributed by atoms with van der Waals surface area (Å²) in [6.07, 6.45) is 0. The van der Waals surface area contributed by atoms with Crippen molar-refractivity contribution in [2.75, 3.05) is 19.0 Å². The van der Waals surface area contributed by atoms with Crippen molar-refractivity contribution in [2.45, 2.75) is 12.7 Å². The summed E-state index contributed by atoms with van der Waals surface area (Å²) in [5.41, 5.74) is 1.75. The number of halogens is 2. The van der Waals surface area contributed by atoms with E-state index >= 15 is 0 Å². The van der Waals surface area contributed by atoms with E-state index in [-0.39, 0.29) is 11.8 Å². The van der Waals surface area contributed by atoms with Crippen LogP contribution in [0.1, 0.15) is 11.6 Å². The van der Waals surface area contributed by atoms with Crippen LogP contribution in [0.4, 0.5) is 14.5 Å². The predicted molar refractivity (Wildman–Crippen MR) is 77.8 cm³/mol. The van der Waals surface area contributed by atoms with Crippen molar-refractivity contribution >= 4 is 5.69 Å². The van der Waals surface area contributed by atoms with E-state index in [1.54, 1.807) is 19.2 Å². The molecule has 2 aromatic rings. The van der Waals surface area contributed by atoms with Gasteiger partial charge < -0.3 is 14.8 Å². The van der Waals surface area contributed by atoms with Gasteiger partial charge in [0.15, 0.2) is 0 Å². The van der Waals surface area contributed by atoms with Crippen molar-refractivity contribution in [1.29, 1.82) is 0 Å². The van der Waals surface area contributed by atoms with Crippen molar-refractivity contribution in [3.8, 4) is 5.75 Å². The molecule has 21 heavy (non-hydrogen) atoms. The van der Waals surface area contributed by atoms with Crippen LogP contribution in [0.2, 0.25) is 0 Å². The van der Waals surface area contributed by atoms with Gasteiger partial charge in [-0.1, -0.05) is 36.4 Å². The fraction of sp³-hybridized carbons (Fsp3) is 0.250. The summed E-state index contributed by atoms with van der Waals surface area (Å²) in [6.45, 7) is -2.37. The van der Waals surface area contributed by atoms with Gasteiger partial charge in [-0.2, -0.15) is 8.78 Å². The molecule has 0 radical (unpaired) electrons. The maximum Gasteiger partial charge on any atom is 0.387 e. The number of hydrogen-bond acceptors (Lipinski definition) is 3. The molecule has 2 aromatic carbocycles. The average molecular weight is 293 g/mol. The SMILES string of the molecule is COCC(Nc1cccc(OC(F)F)c1)c1ccccc1. The number of hydrogen-bond donors (Lipinski definition) is 1. The fourth-order valence-corrected chi connectivity index (χ4v) is 2.04. The normalized spacial score (nSPS) is 12.2. The van der Waals surface area contributed by atoms with Crippen molar-refractivity contribution in [3.63, 3.8) is 0 Å². The van der Waals surface area contributed by atoms with Crippen molar-refractivity contribution < 1.29 is 18.3 Å². The molecule has 0 amide bonds. The lowest BCUT2D eigenvalue weighted by Crippen LogP contribution is -2.16. The second-order valence-electron chi connectivity index (χ2n) is 4.47. The first-order chi connectivity index (χ1) is 10.2. The van der Waals surface area contributed by atoms with Crippen LogP contribution >= 0.6 is 0 Å². The molecule has 0 saturated carbocycles. The molecule has 1 unspecified atom stereocenters. The van der Waals surface area contributed by atoms with Gasteiger partial charge >= 0.3 is 6.61 Å². The van der Waals surface area contributed by atoms with Gasteiger partial charge in [0.1, 0.15) is 5.75 Å². The summed E-state index contributed by atoms with van der Waals surface area (Å²) in [6, 6.07) is 16.2. The molecule has 0 bridgehead atoms.